The van der Waals surface area contributed by atoms with Crippen molar-refractivity contribution in [1.82, 2.24) is 14.8 Å². The van der Waals surface area contributed by atoms with Crippen molar-refractivity contribution < 1.29 is 9.90 Å². The van der Waals surface area contributed by atoms with Gasteiger partial charge < -0.3 is 9.67 Å². The zero-order chi connectivity index (χ0) is 13.8. The molecule has 0 unspecified atom stereocenters. The van der Waals surface area contributed by atoms with Gasteiger partial charge >= 0.3 is 5.97 Å². The molecule has 19 heavy (non-hydrogen) atoms. The van der Waals surface area contributed by atoms with Gasteiger partial charge in [-0.05, 0) is 12.3 Å². The third-order valence-electron chi connectivity index (χ3n) is 2.51. The Balaban J connectivity index is 2.33. The summed E-state index contributed by atoms with van der Waals surface area (Å²) in [5.74, 6) is -0.132. The smallest absolute Gasteiger partial charge is 0.313 e. The maximum atomic E-state index is 10.6. The molecule has 0 atom stereocenters. The molecule has 100 valence electrons. The Labute approximate surface area is 119 Å². The van der Waals surface area contributed by atoms with E-state index in [0.29, 0.717) is 5.16 Å². The Morgan fingerprint density at radius 3 is 2.79 bits per heavy atom. The SMILES string of the molecule is CSc1ccccc1-c1nnc(SCC(=O)O)n1C. The van der Waals surface area contributed by atoms with E-state index in [-0.39, 0.29) is 5.75 Å². The number of aromatic nitrogens is 3. The van der Waals surface area contributed by atoms with Crippen molar-refractivity contribution >= 4 is 29.5 Å². The van der Waals surface area contributed by atoms with E-state index in [9.17, 15) is 4.79 Å². The second kappa shape index (κ2) is 6.12. The van der Waals surface area contributed by atoms with Crippen molar-refractivity contribution in [2.75, 3.05) is 12.0 Å². The number of carboxylic acid groups (broad SMARTS) is 1. The van der Waals surface area contributed by atoms with Crippen molar-refractivity contribution in [2.24, 2.45) is 7.05 Å². The Bertz CT molecular complexity index is 598. The number of carboxylic acids is 1. The molecule has 2 rings (SSSR count). The fraction of sp³-hybridized carbons (Fsp3) is 0.250. The van der Waals surface area contributed by atoms with E-state index >= 15 is 0 Å². The van der Waals surface area contributed by atoms with Crippen LogP contribution in [-0.4, -0.2) is 37.8 Å². The van der Waals surface area contributed by atoms with E-state index in [1.807, 2.05) is 42.1 Å². The first kappa shape index (κ1) is 14.0. The van der Waals surface area contributed by atoms with Crippen molar-refractivity contribution in [1.29, 1.82) is 0 Å². The Morgan fingerprint density at radius 1 is 1.37 bits per heavy atom. The van der Waals surface area contributed by atoms with Gasteiger partial charge in [0.2, 0.25) is 0 Å². The maximum Gasteiger partial charge on any atom is 0.313 e. The van der Waals surface area contributed by atoms with Crippen LogP contribution < -0.4 is 0 Å². The lowest BCUT2D eigenvalue weighted by Crippen LogP contribution is -2.01. The van der Waals surface area contributed by atoms with Crippen LogP contribution in [0.2, 0.25) is 0 Å². The highest BCUT2D eigenvalue weighted by atomic mass is 32.2. The van der Waals surface area contributed by atoms with E-state index in [1.165, 1.54) is 11.8 Å². The minimum atomic E-state index is -0.862. The lowest BCUT2D eigenvalue weighted by atomic mass is 10.2. The van der Waals surface area contributed by atoms with Crippen LogP contribution in [0, 0.1) is 0 Å². The quantitative estimate of drug-likeness (QED) is 0.854. The molecule has 7 heteroatoms. The average molecular weight is 295 g/mol. The highest BCUT2D eigenvalue weighted by molar-refractivity contribution is 7.99. The van der Waals surface area contributed by atoms with E-state index in [2.05, 4.69) is 10.2 Å². The molecule has 0 fully saturated rings. The van der Waals surface area contributed by atoms with Gasteiger partial charge in [0.05, 0.1) is 5.75 Å². The monoisotopic (exact) mass is 295 g/mol. The summed E-state index contributed by atoms with van der Waals surface area (Å²) < 4.78 is 1.82. The van der Waals surface area contributed by atoms with Gasteiger partial charge in [0, 0.05) is 17.5 Å². The molecule has 0 aliphatic heterocycles. The van der Waals surface area contributed by atoms with Gasteiger partial charge in [0.25, 0.3) is 0 Å². The number of nitrogens with zero attached hydrogens (tertiary/aromatic N) is 3. The molecule has 0 radical (unpaired) electrons. The highest BCUT2D eigenvalue weighted by Gasteiger charge is 2.14. The molecule has 0 aliphatic rings. The number of hydrogen-bond acceptors (Lipinski definition) is 5. The predicted molar refractivity (Wildman–Crippen MR) is 76.6 cm³/mol. The summed E-state index contributed by atoms with van der Waals surface area (Å²) in [6.07, 6.45) is 2.01. The predicted octanol–water partition coefficient (Wildman–Crippen LogP) is 2.38. The standard InChI is InChI=1S/C12H13N3O2S2/c1-15-11(8-5-3-4-6-9(8)18-2)13-14-12(15)19-7-10(16)17/h3-6H,7H2,1-2H3,(H,16,17). The molecule has 2 aromatic rings. The third-order valence-corrected chi connectivity index (χ3v) is 4.31. The van der Waals surface area contributed by atoms with Crippen LogP contribution in [0.5, 0.6) is 0 Å². The first-order valence-corrected chi connectivity index (χ1v) is 7.72. The molecule has 0 bridgehead atoms. The summed E-state index contributed by atoms with van der Waals surface area (Å²) in [6.45, 7) is 0. The molecule has 0 saturated carbocycles. The first-order chi connectivity index (χ1) is 9.13. The summed E-state index contributed by atoms with van der Waals surface area (Å²) in [4.78, 5) is 11.7. The molecule has 1 aromatic carbocycles. The summed E-state index contributed by atoms with van der Waals surface area (Å²) in [5.41, 5.74) is 1.01. The van der Waals surface area contributed by atoms with Crippen LogP contribution in [0.1, 0.15) is 0 Å². The lowest BCUT2D eigenvalue weighted by Gasteiger charge is -2.06. The fourth-order valence-electron chi connectivity index (χ4n) is 1.63. The van der Waals surface area contributed by atoms with E-state index in [0.717, 1.165) is 16.3 Å². The van der Waals surface area contributed by atoms with E-state index < -0.39 is 5.97 Å². The van der Waals surface area contributed by atoms with Crippen LogP contribution in [0.25, 0.3) is 11.4 Å². The topological polar surface area (TPSA) is 68.0 Å². The molecular formula is C12H13N3O2S2. The first-order valence-electron chi connectivity index (χ1n) is 5.51. The van der Waals surface area contributed by atoms with Gasteiger partial charge in [-0.25, -0.2) is 0 Å². The Hall–Kier alpha value is -1.47. The van der Waals surface area contributed by atoms with Gasteiger partial charge in [0.15, 0.2) is 11.0 Å². The van der Waals surface area contributed by atoms with Crippen LogP contribution in [-0.2, 0) is 11.8 Å². The van der Waals surface area contributed by atoms with Crippen LogP contribution >= 0.6 is 23.5 Å². The van der Waals surface area contributed by atoms with Crippen molar-refractivity contribution in [3.05, 3.63) is 24.3 Å². The average Bonchev–Trinajstić information content (AvgIpc) is 2.77. The number of aliphatic carboxylic acids is 1. The second-order valence-corrected chi connectivity index (χ2v) is 5.54. The van der Waals surface area contributed by atoms with Gasteiger partial charge in [-0.3, -0.25) is 4.79 Å². The minimum absolute atomic E-state index is 0.0177. The van der Waals surface area contributed by atoms with Crippen molar-refractivity contribution in [3.63, 3.8) is 0 Å². The molecular weight excluding hydrogens is 282 g/mol. The molecule has 1 N–H and O–H groups in total. The van der Waals surface area contributed by atoms with E-state index in [4.69, 9.17) is 5.11 Å². The lowest BCUT2D eigenvalue weighted by molar-refractivity contribution is -0.133. The normalized spacial score (nSPS) is 10.6. The van der Waals surface area contributed by atoms with Crippen molar-refractivity contribution in [3.8, 4) is 11.4 Å². The van der Waals surface area contributed by atoms with E-state index in [1.54, 1.807) is 11.8 Å². The number of rotatable bonds is 5. The molecule has 1 aromatic heterocycles. The van der Waals surface area contributed by atoms with Crippen LogP contribution in [0.3, 0.4) is 0 Å². The summed E-state index contributed by atoms with van der Waals surface area (Å²) in [6, 6.07) is 7.94. The molecule has 5 nitrogen and oxygen atoms in total. The van der Waals surface area contributed by atoms with Gasteiger partial charge in [0.1, 0.15) is 0 Å². The molecule has 0 saturated heterocycles. The number of benzene rings is 1. The number of hydrogen-bond donors (Lipinski definition) is 1. The maximum absolute atomic E-state index is 10.6. The van der Waals surface area contributed by atoms with Gasteiger partial charge in [-0.1, -0.05) is 30.0 Å². The zero-order valence-electron chi connectivity index (χ0n) is 10.5. The fourth-order valence-corrected chi connectivity index (χ4v) is 2.86. The Morgan fingerprint density at radius 2 is 2.11 bits per heavy atom. The summed E-state index contributed by atoms with van der Waals surface area (Å²) in [5, 5.41) is 17.5. The Kier molecular flexibility index (Phi) is 4.49. The number of thioether (sulfide) groups is 2. The zero-order valence-corrected chi connectivity index (χ0v) is 12.2. The largest absolute Gasteiger partial charge is 0.481 e. The van der Waals surface area contributed by atoms with Crippen LogP contribution in [0.15, 0.2) is 34.3 Å². The second-order valence-electron chi connectivity index (χ2n) is 3.75. The minimum Gasteiger partial charge on any atom is -0.481 e. The van der Waals surface area contributed by atoms with Gasteiger partial charge in [-0.2, -0.15) is 0 Å². The number of carbonyl (C=O) groups is 1. The van der Waals surface area contributed by atoms with Crippen LogP contribution in [0.4, 0.5) is 0 Å². The molecule has 0 aliphatic carbocycles. The molecule has 0 spiro atoms. The molecule has 1 heterocycles. The highest BCUT2D eigenvalue weighted by Crippen LogP contribution is 2.30. The van der Waals surface area contributed by atoms with Gasteiger partial charge in [-0.15, -0.1) is 22.0 Å². The molecule has 0 amide bonds. The summed E-state index contributed by atoms with van der Waals surface area (Å²) >= 11 is 2.81. The van der Waals surface area contributed by atoms with Crippen molar-refractivity contribution in [2.45, 2.75) is 10.1 Å². The summed E-state index contributed by atoms with van der Waals surface area (Å²) in [7, 11) is 1.84. The third kappa shape index (κ3) is 3.10.